The third kappa shape index (κ3) is 3.16. The van der Waals surface area contributed by atoms with E-state index in [2.05, 4.69) is 11.1 Å². The number of aromatic amines is 1. The maximum Gasteiger partial charge on any atom is 0.253 e. The van der Waals surface area contributed by atoms with Crippen LogP contribution in [0.4, 0.5) is 0 Å². The number of rotatable bonds is 2. The van der Waals surface area contributed by atoms with Crippen molar-refractivity contribution in [2.45, 2.75) is 32.6 Å². The maximum absolute atomic E-state index is 12.9. The number of nitrogens with zero attached hydrogens (tertiary/aromatic N) is 2. The zero-order valence-electron chi connectivity index (χ0n) is 14.7. The highest BCUT2D eigenvalue weighted by Crippen LogP contribution is 2.27. The van der Waals surface area contributed by atoms with Crippen molar-refractivity contribution >= 4 is 16.9 Å². The van der Waals surface area contributed by atoms with E-state index in [1.807, 2.05) is 55.1 Å². The minimum absolute atomic E-state index is 0.132. The molecule has 1 aromatic heterocycles. The second-order valence-electron chi connectivity index (χ2n) is 7.11. The first-order valence-electron chi connectivity index (χ1n) is 8.92. The predicted molar refractivity (Wildman–Crippen MR) is 99.9 cm³/mol. The molecule has 0 saturated carbocycles. The highest BCUT2D eigenvalue weighted by Gasteiger charge is 2.27. The van der Waals surface area contributed by atoms with Gasteiger partial charge in [0.25, 0.3) is 5.91 Å². The summed E-state index contributed by atoms with van der Waals surface area (Å²) in [5.74, 6) is 1.41. The van der Waals surface area contributed by atoms with E-state index >= 15 is 0 Å². The van der Waals surface area contributed by atoms with Crippen LogP contribution in [0, 0.1) is 13.8 Å². The Morgan fingerprint density at radius 2 is 1.92 bits per heavy atom. The molecule has 0 aliphatic carbocycles. The summed E-state index contributed by atoms with van der Waals surface area (Å²) in [6, 6.07) is 14.2. The van der Waals surface area contributed by atoms with E-state index in [9.17, 15) is 4.79 Å². The summed E-state index contributed by atoms with van der Waals surface area (Å²) < 4.78 is 0. The number of piperidine rings is 1. The van der Waals surface area contributed by atoms with E-state index in [1.165, 1.54) is 0 Å². The molecule has 1 atom stereocenters. The third-order valence-electron chi connectivity index (χ3n) is 4.97. The summed E-state index contributed by atoms with van der Waals surface area (Å²) in [4.78, 5) is 23.1. The highest BCUT2D eigenvalue weighted by molar-refractivity contribution is 5.94. The van der Waals surface area contributed by atoms with E-state index in [4.69, 9.17) is 4.98 Å². The van der Waals surface area contributed by atoms with Gasteiger partial charge in [0, 0.05) is 24.6 Å². The normalized spacial score (nSPS) is 17.8. The van der Waals surface area contributed by atoms with E-state index in [0.29, 0.717) is 0 Å². The molecule has 1 amide bonds. The molecule has 2 heterocycles. The Kier molecular flexibility index (Phi) is 4.04. The van der Waals surface area contributed by atoms with Gasteiger partial charge in [-0.15, -0.1) is 0 Å². The number of amides is 1. The van der Waals surface area contributed by atoms with E-state index in [-0.39, 0.29) is 11.8 Å². The fourth-order valence-corrected chi connectivity index (χ4v) is 3.83. The van der Waals surface area contributed by atoms with Crippen LogP contribution in [0.1, 0.15) is 46.1 Å². The first-order chi connectivity index (χ1) is 12.1. The maximum atomic E-state index is 12.9. The lowest BCUT2D eigenvalue weighted by atomic mass is 9.96. The first-order valence-corrected chi connectivity index (χ1v) is 8.92. The van der Waals surface area contributed by atoms with Crippen molar-refractivity contribution < 1.29 is 4.79 Å². The van der Waals surface area contributed by atoms with Gasteiger partial charge in [-0.25, -0.2) is 4.98 Å². The lowest BCUT2D eigenvalue weighted by Gasteiger charge is -2.32. The molecule has 1 N–H and O–H groups in total. The van der Waals surface area contributed by atoms with Crippen LogP contribution < -0.4 is 0 Å². The summed E-state index contributed by atoms with van der Waals surface area (Å²) in [6.07, 6.45) is 2.08. The molecule has 1 saturated heterocycles. The SMILES string of the molecule is Cc1cc(C)cc(C(=O)N2CCCC(c3nc4ccccc4[nH]3)C2)c1. The molecular weight excluding hydrogens is 310 g/mol. The molecule has 4 nitrogen and oxygen atoms in total. The Morgan fingerprint density at radius 1 is 1.16 bits per heavy atom. The number of fused-ring (bicyclic) bond motifs is 1. The number of benzene rings is 2. The van der Waals surface area contributed by atoms with Crippen LogP contribution in [0.5, 0.6) is 0 Å². The lowest BCUT2D eigenvalue weighted by Crippen LogP contribution is -2.39. The topological polar surface area (TPSA) is 49.0 Å². The molecule has 1 aliphatic heterocycles. The molecule has 1 fully saturated rings. The average molecular weight is 333 g/mol. The molecule has 0 bridgehead atoms. The number of H-pyrrole nitrogens is 1. The Morgan fingerprint density at radius 3 is 2.68 bits per heavy atom. The van der Waals surface area contributed by atoms with Crippen molar-refractivity contribution in [1.29, 1.82) is 0 Å². The standard InChI is InChI=1S/C21H23N3O/c1-14-10-15(2)12-17(11-14)21(25)24-9-5-6-16(13-24)20-22-18-7-3-4-8-19(18)23-20/h3-4,7-8,10-12,16H,5-6,9,13H2,1-2H3,(H,22,23). The molecule has 4 heteroatoms. The number of nitrogens with one attached hydrogen (secondary N) is 1. The van der Waals surface area contributed by atoms with Crippen LogP contribution in [-0.4, -0.2) is 33.9 Å². The van der Waals surface area contributed by atoms with Crippen LogP contribution in [-0.2, 0) is 0 Å². The minimum Gasteiger partial charge on any atom is -0.342 e. The van der Waals surface area contributed by atoms with Gasteiger partial charge in [0.1, 0.15) is 5.82 Å². The third-order valence-corrected chi connectivity index (χ3v) is 4.97. The lowest BCUT2D eigenvalue weighted by molar-refractivity contribution is 0.0704. The van der Waals surface area contributed by atoms with E-state index in [1.54, 1.807) is 0 Å². The van der Waals surface area contributed by atoms with Crippen LogP contribution in [0.2, 0.25) is 0 Å². The minimum atomic E-state index is 0.132. The molecule has 4 rings (SSSR count). The van der Waals surface area contributed by atoms with Gasteiger partial charge in [0.05, 0.1) is 11.0 Å². The predicted octanol–water partition coefficient (Wildman–Crippen LogP) is 4.20. The van der Waals surface area contributed by atoms with Crippen LogP contribution >= 0.6 is 0 Å². The molecular formula is C21H23N3O. The van der Waals surface area contributed by atoms with E-state index in [0.717, 1.165) is 59.5 Å². The molecule has 1 aliphatic rings. The summed E-state index contributed by atoms with van der Waals surface area (Å²) in [6.45, 7) is 5.63. The van der Waals surface area contributed by atoms with Gasteiger partial charge >= 0.3 is 0 Å². The Labute approximate surface area is 147 Å². The average Bonchev–Trinajstić information content (AvgIpc) is 3.04. The van der Waals surface area contributed by atoms with Gasteiger partial charge in [-0.3, -0.25) is 4.79 Å². The van der Waals surface area contributed by atoms with Crippen molar-refractivity contribution in [2.24, 2.45) is 0 Å². The number of imidazole rings is 1. The Balaban J connectivity index is 1.57. The molecule has 128 valence electrons. The van der Waals surface area contributed by atoms with Crippen LogP contribution in [0.15, 0.2) is 42.5 Å². The smallest absolute Gasteiger partial charge is 0.253 e. The van der Waals surface area contributed by atoms with Crippen LogP contribution in [0.3, 0.4) is 0 Å². The number of aryl methyl sites for hydroxylation is 2. The largest absolute Gasteiger partial charge is 0.342 e. The van der Waals surface area contributed by atoms with Crippen LogP contribution in [0.25, 0.3) is 11.0 Å². The Bertz CT molecular complexity index is 875. The number of carbonyl (C=O) groups is 1. The van der Waals surface area contributed by atoms with Crippen molar-refractivity contribution in [3.63, 3.8) is 0 Å². The summed E-state index contributed by atoms with van der Waals surface area (Å²) >= 11 is 0. The number of likely N-dealkylation sites (tertiary alicyclic amines) is 1. The zero-order chi connectivity index (χ0) is 17.4. The molecule has 2 aromatic carbocycles. The second kappa shape index (κ2) is 6.36. The number of aromatic nitrogens is 2. The van der Waals surface area contributed by atoms with Gasteiger partial charge in [-0.2, -0.15) is 0 Å². The van der Waals surface area contributed by atoms with Crippen molar-refractivity contribution in [3.05, 3.63) is 65.0 Å². The molecule has 25 heavy (non-hydrogen) atoms. The summed E-state index contributed by atoms with van der Waals surface area (Å²) in [5, 5.41) is 0. The second-order valence-corrected chi connectivity index (χ2v) is 7.11. The monoisotopic (exact) mass is 333 g/mol. The van der Waals surface area contributed by atoms with Crippen molar-refractivity contribution in [3.8, 4) is 0 Å². The van der Waals surface area contributed by atoms with Gasteiger partial charge in [0.15, 0.2) is 0 Å². The summed E-state index contributed by atoms with van der Waals surface area (Å²) in [7, 11) is 0. The summed E-state index contributed by atoms with van der Waals surface area (Å²) in [5.41, 5.74) is 5.12. The quantitative estimate of drug-likeness (QED) is 0.764. The van der Waals surface area contributed by atoms with Gasteiger partial charge < -0.3 is 9.88 Å². The number of hydrogen-bond acceptors (Lipinski definition) is 2. The zero-order valence-corrected chi connectivity index (χ0v) is 14.7. The number of hydrogen-bond donors (Lipinski definition) is 1. The highest BCUT2D eigenvalue weighted by atomic mass is 16.2. The van der Waals surface area contributed by atoms with Gasteiger partial charge in [-0.1, -0.05) is 29.3 Å². The van der Waals surface area contributed by atoms with Gasteiger partial charge in [-0.05, 0) is 51.0 Å². The van der Waals surface area contributed by atoms with Gasteiger partial charge in [0.2, 0.25) is 0 Å². The number of carbonyl (C=O) groups excluding carboxylic acids is 1. The first kappa shape index (κ1) is 15.9. The molecule has 1 unspecified atom stereocenters. The van der Waals surface area contributed by atoms with E-state index < -0.39 is 0 Å². The number of para-hydroxylation sites is 2. The van der Waals surface area contributed by atoms with Crippen molar-refractivity contribution in [1.82, 2.24) is 14.9 Å². The molecule has 3 aromatic rings. The molecule has 0 spiro atoms. The fourth-order valence-electron chi connectivity index (χ4n) is 3.83. The van der Waals surface area contributed by atoms with Crippen molar-refractivity contribution in [2.75, 3.05) is 13.1 Å². The fraction of sp³-hybridized carbons (Fsp3) is 0.333. The Hall–Kier alpha value is -2.62. The molecule has 0 radical (unpaired) electrons.